The first-order valence-corrected chi connectivity index (χ1v) is 8.72. The number of hydrogen-bond acceptors (Lipinski definition) is 1. The quantitative estimate of drug-likeness (QED) is 0.701. The zero-order valence-corrected chi connectivity index (χ0v) is 14.4. The summed E-state index contributed by atoms with van der Waals surface area (Å²) in [4.78, 5) is 15.5. The Hall–Kier alpha value is -2.33. The van der Waals surface area contributed by atoms with Gasteiger partial charge < -0.3 is 10.3 Å². The minimum absolute atomic E-state index is 0.0125. The van der Waals surface area contributed by atoms with Crippen molar-refractivity contribution in [2.45, 2.75) is 24.7 Å². The van der Waals surface area contributed by atoms with Crippen molar-refractivity contribution in [1.82, 2.24) is 10.3 Å². The molecule has 3 nitrogen and oxygen atoms in total. The number of rotatable bonds is 5. The summed E-state index contributed by atoms with van der Waals surface area (Å²) < 4.78 is 12.9. The lowest BCUT2D eigenvalue weighted by atomic mass is 9.95. The average molecular weight is 357 g/mol. The lowest BCUT2D eigenvalue weighted by Crippen LogP contribution is -2.33. The molecule has 0 bridgehead atoms. The molecule has 0 radical (unpaired) electrons. The van der Waals surface area contributed by atoms with Gasteiger partial charge in [0, 0.05) is 34.1 Å². The van der Waals surface area contributed by atoms with Crippen molar-refractivity contribution in [2.75, 3.05) is 6.54 Å². The van der Waals surface area contributed by atoms with E-state index >= 15 is 0 Å². The van der Waals surface area contributed by atoms with E-state index in [0.717, 1.165) is 29.3 Å². The number of benzene rings is 2. The fourth-order valence-electron chi connectivity index (χ4n) is 3.34. The Morgan fingerprint density at radius 3 is 2.68 bits per heavy atom. The average Bonchev–Trinajstić information content (AvgIpc) is 3.27. The number of carbonyl (C=O) groups is 1. The normalized spacial score (nSPS) is 15.3. The van der Waals surface area contributed by atoms with E-state index in [0.29, 0.717) is 11.6 Å². The van der Waals surface area contributed by atoms with E-state index in [9.17, 15) is 9.18 Å². The summed E-state index contributed by atoms with van der Waals surface area (Å²) >= 11 is 6.14. The summed E-state index contributed by atoms with van der Waals surface area (Å²) in [5, 5.41) is 4.87. The van der Waals surface area contributed by atoms with Crippen molar-refractivity contribution in [3.63, 3.8) is 0 Å². The zero-order valence-electron chi connectivity index (χ0n) is 13.6. The van der Waals surface area contributed by atoms with Crippen molar-refractivity contribution in [1.29, 1.82) is 0 Å². The van der Waals surface area contributed by atoms with Gasteiger partial charge in [0.15, 0.2) is 0 Å². The first-order chi connectivity index (χ1) is 12.1. The molecule has 3 aromatic rings. The Morgan fingerprint density at radius 1 is 1.20 bits per heavy atom. The fourth-order valence-corrected chi connectivity index (χ4v) is 3.51. The van der Waals surface area contributed by atoms with Crippen LogP contribution in [0.25, 0.3) is 10.9 Å². The number of aromatic nitrogens is 1. The lowest BCUT2D eigenvalue weighted by molar-refractivity contribution is -0.120. The van der Waals surface area contributed by atoms with Crippen LogP contribution in [0.5, 0.6) is 0 Å². The minimum atomic E-state index is -0.293. The molecule has 0 spiro atoms. The highest BCUT2D eigenvalue weighted by atomic mass is 35.5. The Kier molecular flexibility index (Phi) is 4.00. The molecule has 1 fully saturated rings. The van der Waals surface area contributed by atoms with E-state index in [2.05, 4.69) is 10.3 Å². The minimum Gasteiger partial charge on any atom is -0.361 e. The third-order valence-electron chi connectivity index (χ3n) is 4.97. The third kappa shape index (κ3) is 3.27. The summed E-state index contributed by atoms with van der Waals surface area (Å²) in [5.74, 6) is -0.338. The maximum Gasteiger partial charge on any atom is 0.224 e. The fraction of sp³-hybridized carbons (Fsp3) is 0.250. The predicted octanol–water partition coefficient (Wildman–Crippen LogP) is 4.35. The molecule has 5 heteroatoms. The second-order valence-corrected chi connectivity index (χ2v) is 7.19. The van der Waals surface area contributed by atoms with Crippen LogP contribution in [0.3, 0.4) is 0 Å². The number of carbonyl (C=O) groups excluding carboxylic acids is 1. The van der Waals surface area contributed by atoms with Gasteiger partial charge in [0.25, 0.3) is 0 Å². The third-order valence-corrected chi connectivity index (χ3v) is 5.21. The Balaban J connectivity index is 1.45. The SMILES string of the molecule is O=C(Cc1ccc(F)cc1)NCC1(c2c[nH]c3ccc(Cl)cc23)CC1. The predicted molar refractivity (Wildman–Crippen MR) is 97.3 cm³/mol. The smallest absolute Gasteiger partial charge is 0.224 e. The topological polar surface area (TPSA) is 44.9 Å². The first kappa shape index (κ1) is 16.2. The molecule has 2 aromatic carbocycles. The lowest BCUT2D eigenvalue weighted by Gasteiger charge is -2.16. The van der Waals surface area contributed by atoms with Gasteiger partial charge in [-0.3, -0.25) is 4.79 Å². The van der Waals surface area contributed by atoms with Crippen LogP contribution in [0.1, 0.15) is 24.0 Å². The Morgan fingerprint density at radius 2 is 1.96 bits per heavy atom. The summed E-state index contributed by atoms with van der Waals surface area (Å²) in [6.07, 6.45) is 4.38. The van der Waals surface area contributed by atoms with Crippen LogP contribution in [0.4, 0.5) is 4.39 Å². The summed E-state index contributed by atoms with van der Waals surface area (Å²) in [6.45, 7) is 0.604. The molecule has 1 aliphatic carbocycles. The Bertz CT molecular complexity index is 929. The van der Waals surface area contributed by atoms with Crippen LogP contribution < -0.4 is 5.32 Å². The second kappa shape index (κ2) is 6.19. The van der Waals surface area contributed by atoms with Crippen molar-refractivity contribution < 1.29 is 9.18 Å². The highest BCUT2D eigenvalue weighted by Crippen LogP contribution is 2.50. The standard InChI is InChI=1S/C20H18ClFN2O/c21-14-3-6-18-16(10-14)17(11-23-18)20(7-8-20)12-24-19(25)9-13-1-4-15(22)5-2-13/h1-6,10-11,23H,7-9,12H2,(H,24,25). The van der Waals surface area contributed by atoms with Gasteiger partial charge in [-0.25, -0.2) is 4.39 Å². The van der Waals surface area contributed by atoms with E-state index in [-0.39, 0.29) is 23.6 Å². The number of H-pyrrole nitrogens is 1. The van der Waals surface area contributed by atoms with Crippen molar-refractivity contribution in [3.05, 3.63) is 70.6 Å². The van der Waals surface area contributed by atoms with E-state index < -0.39 is 0 Å². The van der Waals surface area contributed by atoms with Gasteiger partial charge in [-0.15, -0.1) is 0 Å². The second-order valence-electron chi connectivity index (χ2n) is 6.75. The van der Waals surface area contributed by atoms with E-state index in [1.165, 1.54) is 17.7 Å². The molecule has 2 N–H and O–H groups in total. The van der Waals surface area contributed by atoms with Gasteiger partial charge in [-0.1, -0.05) is 23.7 Å². The van der Waals surface area contributed by atoms with E-state index in [4.69, 9.17) is 11.6 Å². The van der Waals surface area contributed by atoms with E-state index in [1.54, 1.807) is 12.1 Å². The number of fused-ring (bicyclic) bond motifs is 1. The summed E-state index contributed by atoms with van der Waals surface area (Å²) in [6, 6.07) is 11.9. The van der Waals surface area contributed by atoms with Crippen molar-refractivity contribution in [2.24, 2.45) is 0 Å². The number of hydrogen-bond donors (Lipinski definition) is 2. The largest absolute Gasteiger partial charge is 0.361 e. The summed E-state index contributed by atoms with van der Waals surface area (Å²) in [7, 11) is 0. The number of nitrogens with one attached hydrogen (secondary N) is 2. The molecular formula is C20H18ClFN2O. The zero-order chi connectivity index (χ0) is 17.4. The van der Waals surface area contributed by atoms with Gasteiger partial charge >= 0.3 is 0 Å². The first-order valence-electron chi connectivity index (χ1n) is 8.34. The molecule has 0 saturated heterocycles. The van der Waals surface area contributed by atoms with Crippen LogP contribution in [0, 0.1) is 5.82 Å². The van der Waals surface area contributed by atoms with Gasteiger partial charge in [0.05, 0.1) is 6.42 Å². The van der Waals surface area contributed by atoms with Crippen LogP contribution in [0.2, 0.25) is 5.02 Å². The highest BCUT2D eigenvalue weighted by Gasteiger charge is 2.45. The number of amides is 1. The molecule has 1 aromatic heterocycles. The molecule has 4 rings (SSSR count). The maximum absolute atomic E-state index is 12.9. The molecule has 128 valence electrons. The van der Waals surface area contributed by atoms with Crippen LogP contribution in [0.15, 0.2) is 48.7 Å². The Labute approximate surface area is 150 Å². The molecule has 0 aliphatic heterocycles. The summed E-state index contributed by atoms with van der Waals surface area (Å²) in [5.41, 5.74) is 3.07. The molecule has 0 unspecified atom stereocenters. The van der Waals surface area contributed by atoms with E-state index in [1.807, 2.05) is 24.4 Å². The molecule has 1 heterocycles. The van der Waals surface area contributed by atoms with Gasteiger partial charge in [0.1, 0.15) is 5.82 Å². The maximum atomic E-state index is 12.9. The monoisotopic (exact) mass is 356 g/mol. The van der Waals surface area contributed by atoms with Crippen LogP contribution >= 0.6 is 11.6 Å². The molecule has 1 amide bonds. The van der Waals surface area contributed by atoms with Gasteiger partial charge in [-0.05, 0) is 54.3 Å². The molecule has 1 saturated carbocycles. The van der Waals surface area contributed by atoms with Crippen LogP contribution in [-0.4, -0.2) is 17.4 Å². The highest BCUT2D eigenvalue weighted by molar-refractivity contribution is 6.31. The molecular weight excluding hydrogens is 339 g/mol. The van der Waals surface area contributed by atoms with Crippen molar-refractivity contribution in [3.8, 4) is 0 Å². The number of halogens is 2. The number of aromatic amines is 1. The molecule has 0 atom stereocenters. The van der Waals surface area contributed by atoms with Crippen LogP contribution in [-0.2, 0) is 16.6 Å². The molecule has 25 heavy (non-hydrogen) atoms. The van der Waals surface area contributed by atoms with Gasteiger partial charge in [-0.2, -0.15) is 0 Å². The molecule has 1 aliphatic rings. The van der Waals surface area contributed by atoms with Gasteiger partial charge in [0.2, 0.25) is 5.91 Å². The van der Waals surface area contributed by atoms with Crippen molar-refractivity contribution >= 4 is 28.4 Å².